The van der Waals surface area contributed by atoms with Gasteiger partial charge in [-0.25, -0.2) is 44.9 Å². The van der Waals surface area contributed by atoms with Gasteiger partial charge in [0.15, 0.2) is 52.4 Å². The van der Waals surface area contributed by atoms with E-state index in [1.807, 2.05) is 182 Å². The molecule has 6 heterocycles. The van der Waals surface area contributed by atoms with Gasteiger partial charge in [-0.15, -0.1) is 0 Å². The van der Waals surface area contributed by atoms with Gasteiger partial charge in [-0.05, 0) is 151 Å². The van der Waals surface area contributed by atoms with Gasteiger partial charge in [0.05, 0.1) is 33.1 Å². The van der Waals surface area contributed by atoms with Crippen LogP contribution in [0.3, 0.4) is 0 Å². The van der Waals surface area contributed by atoms with E-state index >= 15 is 0 Å². The van der Waals surface area contributed by atoms with Gasteiger partial charge in [0, 0.05) is 110 Å². The summed E-state index contributed by atoms with van der Waals surface area (Å²) in [6, 6.07) is 174. The minimum atomic E-state index is 0.641. The Morgan fingerprint density at radius 2 is 0.367 bits per heavy atom. The summed E-state index contributed by atoms with van der Waals surface area (Å²) >= 11 is 0. The molecule has 650 valence electrons. The average Bonchev–Trinajstić information content (AvgIpc) is 1.57. The maximum Gasteiger partial charge on any atom is 0.164 e. The summed E-state index contributed by atoms with van der Waals surface area (Å²) in [7, 11) is 0. The van der Waals surface area contributed by atoms with Gasteiger partial charge in [0.1, 0.15) is 0 Å². The van der Waals surface area contributed by atoms with E-state index in [0.29, 0.717) is 52.4 Å². The molecule has 21 aromatic carbocycles. The first kappa shape index (κ1) is 82.0. The molecular weight excluding hydrogens is 1690 g/mol. The van der Waals surface area contributed by atoms with E-state index in [1.54, 1.807) is 0 Å². The van der Waals surface area contributed by atoms with Crippen LogP contribution in [0.25, 0.3) is 250 Å². The fraction of sp³-hybridized carbons (Fsp3) is 0. The Balaban J connectivity index is 0.000000110. The fourth-order valence-electron chi connectivity index (χ4n) is 19.7. The van der Waals surface area contributed by atoms with Crippen molar-refractivity contribution in [3.63, 3.8) is 0 Å². The summed E-state index contributed by atoms with van der Waals surface area (Å²) in [6.45, 7) is 0. The first-order valence-electron chi connectivity index (χ1n) is 46.7. The molecule has 0 radical (unpaired) electrons. The van der Waals surface area contributed by atoms with Crippen molar-refractivity contribution < 1.29 is 0 Å². The largest absolute Gasteiger partial charge is 0.309 e. The minimum absolute atomic E-state index is 0.641. The lowest BCUT2D eigenvalue weighted by Crippen LogP contribution is -2.00. The Hall–Kier alpha value is -18.9. The molecule has 0 fully saturated rings. The van der Waals surface area contributed by atoms with Crippen molar-refractivity contribution in [2.75, 3.05) is 0 Å². The Morgan fingerprint density at radius 3 is 0.719 bits per heavy atom. The highest BCUT2D eigenvalue weighted by molar-refractivity contribution is 6.27. The summed E-state index contributed by atoms with van der Waals surface area (Å²) in [5.41, 5.74) is 23.7. The quantitative estimate of drug-likeness (QED) is 0.104. The van der Waals surface area contributed by atoms with Crippen molar-refractivity contribution in [2.45, 2.75) is 0 Å². The molecule has 27 aromatic rings. The smallest absolute Gasteiger partial charge is 0.164 e. The summed E-state index contributed by atoms with van der Waals surface area (Å²) in [5.74, 6) is 5.86. The maximum atomic E-state index is 4.95. The number of hydrogen-bond acceptors (Lipinski definition) is 9. The van der Waals surface area contributed by atoms with Gasteiger partial charge in [-0.2, -0.15) is 0 Å². The molecule has 0 aliphatic rings. The lowest BCUT2D eigenvalue weighted by molar-refractivity contribution is 1.07. The molecule has 12 nitrogen and oxygen atoms in total. The second-order valence-electron chi connectivity index (χ2n) is 34.7. The molecule has 0 aliphatic heterocycles. The fourth-order valence-corrected chi connectivity index (χ4v) is 19.7. The van der Waals surface area contributed by atoms with E-state index in [0.717, 1.165) is 67.1 Å². The van der Waals surface area contributed by atoms with Crippen LogP contribution in [0.2, 0.25) is 0 Å². The highest BCUT2D eigenvalue weighted by Crippen LogP contribution is 2.46. The Morgan fingerprint density at radius 1 is 0.129 bits per heavy atom. The summed E-state index contributed by atoms with van der Waals surface area (Å²) < 4.78 is 7.19. The van der Waals surface area contributed by atoms with Crippen LogP contribution in [0.4, 0.5) is 0 Å². The second-order valence-corrected chi connectivity index (χ2v) is 34.7. The zero-order valence-corrected chi connectivity index (χ0v) is 75.2. The molecule has 0 atom stereocenters. The van der Waals surface area contributed by atoms with Gasteiger partial charge in [-0.3, -0.25) is 0 Å². The van der Waals surface area contributed by atoms with E-state index in [-0.39, 0.29) is 0 Å². The van der Waals surface area contributed by atoms with Crippen LogP contribution in [0.5, 0.6) is 0 Å². The molecule has 27 rings (SSSR count). The van der Waals surface area contributed by atoms with Crippen LogP contribution < -0.4 is 0 Å². The maximum absolute atomic E-state index is 4.95. The van der Waals surface area contributed by atoms with Crippen LogP contribution in [0, 0.1) is 0 Å². The normalized spacial score (nSPS) is 11.5. The lowest BCUT2D eigenvalue weighted by atomic mass is 10.00. The number of aromatic nitrogens is 12. The lowest BCUT2D eigenvalue weighted by Gasteiger charge is -2.13. The van der Waals surface area contributed by atoms with E-state index in [2.05, 4.69) is 329 Å². The van der Waals surface area contributed by atoms with E-state index in [9.17, 15) is 0 Å². The van der Waals surface area contributed by atoms with E-state index in [1.165, 1.54) is 131 Å². The van der Waals surface area contributed by atoms with Crippen molar-refractivity contribution in [3.8, 4) is 142 Å². The standard InChI is InChI=1S/2C43H28N4.C41H26N4/c1-4-13-29(14-5-1)36-21-12-22-37-39-35-20-11-10-15-30(35)25-28-38(39)47(40(36)37)34-26-23-33(24-27-34)43-45-41(31-16-6-2-7-17-31)44-42(46-43)32-18-8-3-9-19-32;1-4-12-29(13-5-1)34-22-26-37-39(28-34)47(38-27-23-30-14-10-11-19-36(30)40(37)38)35-24-20-33(21-25-35)43-45-41(31-15-6-2-7-16-31)44-42(46-43)32-17-8-3-9-18-32;1-3-13-29(14-4-1)39-42-40(30-15-5-2-6-16-30)44-41(43-39)31-19-23-32(24-20-31)45-36-26-22-27-11-7-9-17-33(27)37(36)35-25-21-28-12-8-10-18-34(28)38(35)45/h2*1-28H;1-26H. The number of para-hydroxylation sites is 1. The minimum Gasteiger partial charge on any atom is -0.309 e. The van der Waals surface area contributed by atoms with E-state index < -0.39 is 0 Å². The molecule has 139 heavy (non-hydrogen) atoms. The number of hydrogen-bond donors (Lipinski definition) is 0. The van der Waals surface area contributed by atoms with Crippen molar-refractivity contribution in [1.82, 2.24) is 58.6 Å². The Labute approximate surface area is 800 Å². The third-order valence-electron chi connectivity index (χ3n) is 26.3. The molecule has 0 N–H and O–H groups in total. The highest BCUT2D eigenvalue weighted by atomic mass is 15.1. The molecular formula is C127H82N12. The predicted molar refractivity (Wildman–Crippen MR) is 572 cm³/mol. The molecule has 6 aromatic heterocycles. The number of fused-ring (bicyclic) bond motifs is 17. The second kappa shape index (κ2) is 35.6. The average molecular weight is 1780 g/mol. The molecule has 0 unspecified atom stereocenters. The van der Waals surface area contributed by atoms with Crippen molar-refractivity contribution in [3.05, 3.63) is 497 Å². The van der Waals surface area contributed by atoms with Crippen molar-refractivity contribution in [1.29, 1.82) is 0 Å². The van der Waals surface area contributed by atoms with Crippen LogP contribution in [-0.4, -0.2) is 58.6 Å². The summed E-state index contributed by atoms with van der Waals surface area (Å²) in [5, 5.41) is 17.5. The van der Waals surface area contributed by atoms with Crippen molar-refractivity contribution in [2.24, 2.45) is 0 Å². The van der Waals surface area contributed by atoms with Gasteiger partial charge in [0.2, 0.25) is 0 Å². The number of nitrogens with zero attached hydrogens (tertiary/aromatic N) is 12. The topological polar surface area (TPSA) is 131 Å². The summed E-state index contributed by atoms with van der Waals surface area (Å²) in [6.07, 6.45) is 0. The van der Waals surface area contributed by atoms with Gasteiger partial charge < -0.3 is 13.7 Å². The van der Waals surface area contributed by atoms with Gasteiger partial charge >= 0.3 is 0 Å². The molecule has 0 saturated heterocycles. The third-order valence-corrected chi connectivity index (χ3v) is 26.3. The van der Waals surface area contributed by atoms with Crippen molar-refractivity contribution >= 4 is 109 Å². The first-order valence-corrected chi connectivity index (χ1v) is 46.7. The number of benzene rings is 21. The molecule has 0 aliphatic carbocycles. The molecule has 0 spiro atoms. The SMILES string of the molecule is c1ccc(-c2ccc3c4c5ccccc5ccc4n(-c4ccc(-c5nc(-c6ccccc6)nc(-c6ccccc6)n5)cc4)c3c2)cc1.c1ccc(-c2nc(-c3ccccc3)nc(-c3ccc(-n4c5ccc6ccccc6c5c5ccc6ccccc6c54)cc3)n2)cc1.c1ccc(-c2nc(-c3ccccc3)nc(-c3ccc(-n4c5ccc6ccccc6c5c5cccc(-c6ccccc6)c54)cc3)n2)cc1. The molecule has 0 amide bonds. The Bertz CT molecular complexity index is 9140. The van der Waals surface area contributed by atoms with Crippen LogP contribution in [0.15, 0.2) is 497 Å². The molecule has 12 heteroatoms. The zero-order valence-electron chi connectivity index (χ0n) is 75.2. The third kappa shape index (κ3) is 15.4. The monoisotopic (exact) mass is 1770 g/mol. The molecule has 0 saturated carbocycles. The highest BCUT2D eigenvalue weighted by Gasteiger charge is 2.25. The zero-order chi connectivity index (χ0) is 92.1. The van der Waals surface area contributed by atoms with E-state index in [4.69, 9.17) is 44.9 Å². The predicted octanol–water partition coefficient (Wildman–Crippen LogP) is 31.9. The summed E-state index contributed by atoms with van der Waals surface area (Å²) in [4.78, 5) is 44.2. The van der Waals surface area contributed by atoms with Gasteiger partial charge in [0.25, 0.3) is 0 Å². The van der Waals surface area contributed by atoms with Gasteiger partial charge in [-0.1, -0.05) is 400 Å². The molecule has 0 bridgehead atoms. The Kier molecular flexibility index (Phi) is 21.0. The first-order chi connectivity index (χ1) is 68.9. The van der Waals surface area contributed by atoms with Crippen LogP contribution in [0.1, 0.15) is 0 Å². The van der Waals surface area contributed by atoms with Crippen LogP contribution >= 0.6 is 0 Å². The van der Waals surface area contributed by atoms with Crippen LogP contribution in [-0.2, 0) is 0 Å². The number of rotatable bonds is 14.